The van der Waals surface area contributed by atoms with E-state index in [0.29, 0.717) is 5.69 Å². The lowest BCUT2D eigenvalue weighted by Crippen LogP contribution is -2.47. The Kier molecular flexibility index (Phi) is 4.25. The monoisotopic (exact) mass is 388 g/mol. The van der Waals surface area contributed by atoms with Gasteiger partial charge in [0.25, 0.3) is 5.91 Å². The first-order valence-electron chi connectivity index (χ1n) is 7.89. The highest BCUT2D eigenvalue weighted by molar-refractivity contribution is 9.10. The Hall–Kier alpha value is -2.08. The van der Waals surface area contributed by atoms with Crippen molar-refractivity contribution in [3.63, 3.8) is 0 Å². The van der Waals surface area contributed by atoms with Gasteiger partial charge in [-0.2, -0.15) is 5.10 Å². The van der Waals surface area contributed by atoms with E-state index in [9.17, 15) is 4.79 Å². The molecule has 2 aromatic heterocycles. The molecule has 0 spiro atoms. The normalized spacial score (nSPS) is 14.1. The fourth-order valence-electron chi connectivity index (χ4n) is 2.77. The molecule has 3 aromatic rings. The summed E-state index contributed by atoms with van der Waals surface area (Å²) >= 11 is 3.46. The number of nitrogens with zero attached hydrogens (tertiary/aromatic N) is 2. The van der Waals surface area contributed by atoms with Gasteiger partial charge in [0.1, 0.15) is 5.69 Å². The second-order valence-corrected chi connectivity index (χ2v) is 7.54. The summed E-state index contributed by atoms with van der Waals surface area (Å²) in [5.41, 5.74) is 1.99. The van der Waals surface area contributed by atoms with Crippen LogP contribution in [0.25, 0.3) is 10.9 Å². The van der Waals surface area contributed by atoms with Crippen LogP contribution in [0.3, 0.4) is 0 Å². The van der Waals surface area contributed by atoms with E-state index in [2.05, 4.69) is 45.2 Å². The van der Waals surface area contributed by atoms with E-state index in [1.54, 1.807) is 4.68 Å². The van der Waals surface area contributed by atoms with Crippen molar-refractivity contribution in [3.8, 4) is 0 Å². The van der Waals surface area contributed by atoms with Gasteiger partial charge in [-0.3, -0.25) is 9.48 Å². The SMILES string of the molecule is CC(C)[C@](C)(NC(=O)c1cc2cc(Br)ccc2[nH]1)c1cnn(C)c1. The molecule has 24 heavy (non-hydrogen) atoms. The number of amides is 1. The molecule has 0 aliphatic carbocycles. The Bertz CT molecular complexity index is 895. The van der Waals surface area contributed by atoms with Crippen molar-refractivity contribution >= 4 is 32.7 Å². The molecule has 0 bridgehead atoms. The van der Waals surface area contributed by atoms with Crippen molar-refractivity contribution in [2.45, 2.75) is 26.3 Å². The van der Waals surface area contributed by atoms with E-state index in [1.165, 1.54) is 0 Å². The number of carbonyl (C=O) groups excluding carboxylic acids is 1. The maximum absolute atomic E-state index is 12.8. The zero-order chi connectivity index (χ0) is 17.5. The average Bonchev–Trinajstić information content (AvgIpc) is 3.12. The van der Waals surface area contributed by atoms with Crippen LogP contribution in [0.15, 0.2) is 41.1 Å². The van der Waals surface area contributed by atoms with E-state index in [4.69, 9.17) is 0 Å². The number of aryl methyl sites for hydroxylation is 1. The van der Waals surface area contributed by atoms with E-state index < -0.39 is 5.54 Å². The van der Waals surface area contributed by atoms with E-state index in [0.717, 1.165) is 20.9 Å². The maximum atomic E-state index is 12.8. The zero-order valence-electron chi connectivity index (χ0n) is 14.2. The number of nitrogens with one attached hydrogen (secondary N) is 2. The molecule has 126 valence electrons. The molecule has 0 radical (unpaired) electrons. The highest BCUT2D eigenvalue weighted by Gasteiger charge is 2.34. The highest BCUT2D eigenvalue weighted by Crippen LogP contribution is 2.29. The van der Waals surface area contributed by atoms with Gasteiger partial charge in [0.2, 0.25) is 0 Å². The number of benzene rings is 1. The molecular formula is C18H21BrN4O. The van der Waals surface area contributed by atoms with Crippen molar-refractivity contribution in [2.24, 2.45) is 13.0 Å². The summed E-state index contributed by atoms with van der Waals surface area (Å²) < 4.78 is 2.74. The summed E-state index contributed by atoms with van der Waals surface area (Å²) in [7, 11) is 1.88. The summed E-state index contributed by atoms with van der Waals surface area (Å²) in [5, 5.41) is 8.42. The summed E-state index contributed by atoms with van der Waals surface area (Å²) in [6, 6.07) is 7.78. The summed E-state index contributed by atoms with van der Waals surface area (Å²) in [4.78, 5) is 16.0. The van der Waals surface area contributed by atoms with Crippen LogP contribution in [0.5, 0.6) is 0 Å². The molecule has 5 nitrogen and oxygen atoms in total. The molecule has 0 aliphatic heterocycles. The number of fused-ring (bicyclic) bond motifs is 1. The Labute approximate surface area is 149 Å². The number of aromatic amines is 1. The standard InChI is InChI=1S/C18H21BrN4O/c1-11(2)18(3,13-9-20-23(4)10-13)22-17(24)16-8-12-7-14(19)5-6-15(12)21-16/h5-11,21H,1-4H3,(H,22,24)/t18-/m0/s1. The smallest absolute Gasteiger partial charge is 0.268 e. The molecule has 0 aliphatic rings. The number of hydrogen-bond acceptors (Lipinski definition) is 2. The highest BCUT2D eigenvalue weighted by atomic mass is 79.9. The van der Waals surface area contributed by atoms with Crippen LogP contribution in [-0.4, -0.2) is 20.7 Å². The predicted octanol–water partition coefficient (Wildman–Crippen LogP) is 3.97. The van der Waals surface area contributed by atoms with Crippen LogP contribution >= 0.6 is 15.9 Å². The van der Waals surface area contributed by atoms with Crippen molar-refractivity contribution in [1.82, 2.24) is 20.1 Å². The minimum Gasteiger partial charge on any atom is -0.351 e. The van der Waals surface area contributed by atoms with Gasteiger partial charge in [0.15, 0.2) is 0 Å². The Morgan fingerprint density at radius 1 is 1.38 bits per heavy atom. The molecule has 2 N–H and O–H groups in total. The first-order valence-corrected chi connectivity index (χ1v) is 8.69. The second-order valence-electron chi connectivity index (χ2n) is 6.63. The van der Waals surface area contributed by atoms with Crippen LogP contribution in [-0.2, 0) is 12.6 Å². The molecule has 1 aromatic carbocycles. The van der Waals surface area contributed by atoms with Gasteiger partial charge in [0.05, 0.1) is 11.7 Å². The van der Waals surface area contributed by atoms with Gasteiger partial charge < -0.3 is 10.3 Å². The molecular weight excluding hydrogens is 368 g/mol. The third-order valence-electron chi connectivity index (χ3n) is 4.66. The van der Waals surface area contributed by atoms with Gasteiger partial charge in [-0.25, -0.2) is 0 Å². The molecule has 2 heterocycles. The molecule has 0 unspecified atom stereocenters. The lowest BCUT2D eigenvalue weighted by Gasteiger charge is -2.34. The molecule has 0 saturated heterocycles. The average molecular weight is 389 g/mol. The van der Waals surface area contributed by atoms with Crippen LogP contribution < -0.4 is 5.32 Å². The number of hydrogen-bond donors (Lipinski definition) is 2. The van der Waals surface area contributed by atoms with Gasteiger partial charge in [-0.1, -0.05) is 29.8 Å². The largest absolute Gasteiger partial charge is 0.351 e. The Morgan fingerprint density at radius 2 is 2.12 bits per heavy atom. The van der Waals surface area contributed by atoms with Crippen LogP contribution in [0.4, 0.5) is 0 Å². The van der Waals surface area contributed by atoms with Crippen molar-refractivity contribution < 1.29 is 4.79 Å². The van der Waals surface area contributed by atoms with Crippen LogP contribution in [0.1, 0.15) is 36.8 Å². The number of aromatic nitrogens is 3. The first-order chi connectivity index (χ1) is 11.3. The first kappa shape index (κ1) is 16.8. The predicted molar refractivity (Wildman–Crippen MR) is 98.9 cm³/mol. The van der Waals surface area contributed by atoms with Crippen molar-refractivity contribution in [1.29, 1.82) is 0 Å². The molecule has 3 rings (SSSR count). The fourth-order valence-corrected chi connectivity index (χ4v) is 3.15. The van der Waals surface area contributed by atoms with Crippen LogP contribution in [0.2, 0.25) is 0 Å². The quantitative estimate of drug-likeness (QED) is 0.710. The van der Waals surface area contributed by atoms with Gasteiger partial charge >= 0.3 is 0 Å². The van der Waals surface area contributed by atoms with E-state index in [1.807, 2.05) is 50.6 Å². The number of rotatable bonds is 4. The Balaban J connectivity index is 1.92. The molecule has 0 saturated carbocycles. The zero-order valence-corrected chi connectivity index (χ0v) is 15.8. The maximum Gasteiger partial charge on any atom is 0.268 e. The lowest BCUT2D eigenvalue weighted by atomic mass is 9.83. The minimum atomic E-state index is -0.497. The number of halogens is 1. The van der Waals surface area contributed by atoms with Crippen molar-refractivity contribution in [3.05, 3.63) is 52.4 Å². The number of carbonyl (C=O) groups is 1. The molecule has 1 amide bonds. The minimum absolute atomic E-state index is 0.123. The van der Waals surface area contributed by atoms with Crippen LogP contribution in [0, 0.1) is 5.92 Å². The molecule has 6 heteroatoms. The molecule has 1 atom stereocenters. The van der Waals surface area contributed by atoms with Gasteiger partial charge in [0, 0.05) is 34.2 Å². The Morgan fingerprint density at radius 3 is 2.75 bits per heavy atom. The summed E-state index contributed by atoms with van der Waals surface area (Å²) in [6.45, 7) is 6.22. The van der Waals surface area contributed by atoms with Crippen molar-refractivity contribution in [2.75, 3.05) is 0 Å². The van der Waals surface area contributed by atoms with Gasteiger partial charge in [-0.05, 0) is 37.1 Å². The van der Waals surface area contributed by atoms with E-state index >= 15 is 0 Å². The molecule has 0 fully saturated rings. The summed E-state index contributed by atoms with van der Waals surface area (Å²) in [5.74, 6) is 0.0894. The van der Waals surface area contributed by atoms with Gasteiger partial charge in [-0.15, -0.1) is 0 Å². The second kappa shape index (κ2) is 6.09. The lowest BCUT2D eigenvalue weighted by molar-refractivity contribution is 0.0871. The number of H-pyrrole nitrogens is 1. The summed E-state index contributed by atoms with van der Waals surface area (Å²) in [6.07, 6.45) is 3.76. The third-order valence-corrected chi connectivity index (χ3v) is 5.15. The fraction of sp³-hybridized carbons (Fsp3) is 0.333. The van der Waals surface area contributed by atoms with E-state index in [-0.39, 0.29) is 11.8 Å². The topological polar surface area (TPSA) is 62.7 Å². The third kappa shape index (κ3) is 2.98.